The highest BCUT2D eigenvalue weighted by molar-refractivity contribution is 5.73. The molecule has 0 saturated carbocycles. The summed E-state index contributed by atoms with van der Waals surface area (Å²) in [6.07, 6.45) is -1.41. The largest absolute Gasteiger partial charge is 0.497 e. The number of carbonyl (C=O) groups excluding carboxylic acids is 2. The van der Waals surface area contributed by atoms with Crippen LogP contribution < -0.4 is 15.8 Å². The van der Waals surface area contributed by atoms with E-state index in [1.807, 2.05) is 44.3 Å². The molecular weight excluding hydrogens is 594 g/mol. The highest BCUT2D eigenvalue weighted by Crippen LogP contribution is 2.38. The van der Waals surface area contributed by atoms with Crippen LogP contribution in [0.5, 0.6) is 5.75 Å². The van der Waals surface area contributed by atoms with E-state index in [1.165, 1.54) is 6.92 Å². The lowest BCUT2D eigenvalue weighted by Crippen LogP contribution is -2.63. The molecule has 3 N–H and O–H groups in total. The molecule has 2 saturated heterocycles. The van der Waals surface area contributed by atoms with Gasteiger partial charge in [0.2, 0.25) is 5.91 Å². The van der Waals surface area contributed by atoms with Crippen molar-refractivity contribution in [3.63, 3.8) is 0 Å². The van der Waals surface area contributed by atoms with Gasteiger partial charge in [0.05, 0.1) is 66.1 Å². The third kappa shape index (κ3) is 10.6. The van der Waals surface area contributed by atoms with Crippen LogP contribution in [-0.4, -0.2) is 123 Å². The zero-order valence-corrected chi connectivity index (χ0v) is 26.0. The molecule has 3 heterocycles. The van der Waals surface area contributed by atoms with Crippen molar-refractivity contribution in [3.8, 4) is 17.0 Å². The molecule has 0 aliphatic carbocycles. The van der Waals surface area contributed by atoms with Crippen molar-refractivity contribution < 1.29 is 52.2 Å². The van der Waals surface area contributed by atoms with Crippen molar-refractivity contribution in [1.29, 1.82) is 0 Å². The van der Waals surface area contributed by atoms with Crippen molar-refractivity contribution in [1.82, 2.24) is 20.3 Å². The average molecular weight is 638 g/mol. The van der Waals surface area contributed by atoms with Crippen molar-refractivity contribution in [2.45, 2.75) is 63.7 Å². The second kappa shape index (κ2) is 16.8. The van der Waals surface area contributed by atoms with E-state index in [-0.39, 0.29) is 32.3 Å². The summed E-state index contributed by atoms with van der Waals surface area (Å²) in [7, 11) is 1.61. The van der Waals surface area contributed by atoms with Gasteiger partial charge in [0.25, 0.3) is 0 Å². The van der Waals surface area contributed by atoms with Gasteiger partial charge >= 0.3 is 6.09 Å². The number of ether oxygens (including phenoxy) is 9. The zero-order chi connectivity index (χ0) is 32.2. The van der Waals surface area contributed by atoms with Crippen LogP contribution in [0.1, 0.15) is 20.8 Å². The van der Waals surface area contributed by atoms with Crippen molar-refractivity contribution >= 4 is 12.0 Å². The van der Waals surface area contributed by atoms with Crippen molar-refractivity contribution in [2.75, 3.05) is 60.0 Å². The fraction of sp³-hybridized carbons (Fsp3) is 0.655. The first kappa shape index (κ1) is 34.5. The fourth-order valence-corrected chi connectivity index (χ4v) is 5.00. The van der Waals surface area contributed by atoms with Crippen LogP contribution in [0.25, 0.3) is 11.3 Å². The number of nitrogens with one attached hydrogen (secondary N) is 1. The highest BCUT2D eigenvalue weighted by Gasteiger charge is 2.56. The first-order chi connectivity index (χ1) is 21.6. The minimum Gasteiger partial charge on any atom is -0.497 e. The van der Waals surface area contributed by atoms with E-state index in [1.54, 1.807) is 11.8 Å². The molecule has 250 valence electrons. The Morgan fingerprint density at radius 2 is 1.67 bits per heavy atom. The normalized spacial score (nSPS) is 23.8. The fourth-order valence-electron chi connectivity index (χ4n) is 5.00. The van der Waals surface area contributed by atoms with Crippen molar-refractivity contribution in [2.24, 2.45) is 5.73 Å². The maximum Gasteiger partial charge on any atom is 0.404 e. The first-order valence-electron chi connectivity index (χ1n) is 14.7. The number of amides is 2. The van der Waals surface area contributed by atoms with Crippen LogP contribution in [0.3, 0.4) is 0 Å². The summed E-state index contributed by atoms with van der Waals surface area (Å²) in [5.41, 5.74) is 6.42. The molecule has 2 aromatic rings. The molecule has 1 aromatic carbocycles. The molecule has 1 aromatic heterocycles. The number of hydrogen-bond donors (Lipinski definition) is 2. The third-order valence-corrected chi connectivity index (χ3v) is 6.85. The zero-order valence-electron chi connectivity index (χ0n) is 26.0. The summed E-state index contributed by atoms with van der Waals surface area (Å²) in [5, 5.41) is 11.5. The van der Waals surface area contributed by atoms with Gasteiger partial charge in [0.15, 0.2) is 12.1 Å². The summed E-state index contributed by atoms with van der Waals surface area (Å²) in [5.74, 6) is -0.433. The van der Waals surface area contributed by atoms with E-state index in [0.29, 0.717) is 38.7 Å². The molecular formula is C29H43N5O11. The van der Waals surface area contributed by atoms with Crippen LogP contribution in [0.4, 0.5) is 4.79 Å². The Labute approximate surface area is 261 Å². The van der Waals surface area contributed by atoms with Crippen LogP contribution in [0, 0.1) is 0 Å². The number of hydrogen-bond acceptors (Lipinski definition) is 13. The number of nitrogens with two attached hydrogens (primary N) is 1. The maximum atomic E-state index is 12.1. The predicted molar refractivity (Wildman–Crippen MR) is 156 cm³/mol. The number of primary amides is 1. The monoisotopic (exact) mass is 637 g/mol. The van der Waals surface area contributed by atoms with Gasteiger partial charge in [0.1, 0.15) is 42.4 Å². The molecule has 16 heteroatoms. The van der Waals surface area contributed by atoms with E-state index >= 15 is 0 Å². The molecule has 0 radical (unpaired) electrons. The molecule has 1 unspecified atom stereocenters. The van der Waals surface area contributed by atoms with Crippen LogP contribution in [0.15, 0.2) is 30.5 Å². The molecule has 2 fully saturated rings. The quantitative estimate of drug-likeness (QED) is 0.220. The van der Waals surface area contributed by atoms with E-state index in [0.717, 1.165) is 11.3 Å². The lowest BCUT2D eigenvalue weighted by atomic mass is 9.96. The summed E-state index contributed by atoms with van der Waals surface area (Å²) in [6.45, 7) is 7.58. The van der Waals surface area contributed by atoms with E-state index in [4.69, 9.17) is 43.6 Å². The predicted octanol–water partition coefficient (Wildman–Crippen LogP) is 0.865. The SMILES string of the molecule is COc1cccc(-c2cn(C[C@H]3OC(OCCOCCOCCOCCOC(N)=O)[C@H](NC(C)=O)[C@H]4OC(C)(C)O[C@H]43)nn2)c1. The Kier molecular flexibility index (Phi) is 12.9. The molecule has 2 amide bonds. The van der Waals surface area contributed by atoms with Gasteiger partial charge in [-0.15, -0.1) is 5.10 Å². The van der Waals surface area contributed by atoms with Crippen LogP contribution >= 0.6 is 0 Å². The Bertz CT molecular complexity index is 1230. The van der Waals surface area contributed by atoms with E-state index in [2.05, 4.69) is 20.4 Å². The highest BCUT2D eigenvalue weighted by atomic mass is 16.8. The number of nitrogens with zero attached hydrogens (tertiary/aromatic N) is 3. The molecule has 4 rings (SSSR count). The molecule has 0 bridgehead atoms. The Morgan fingerprint density at radius 1 is 1.00 bits per heavy atom. The topological polar surface area (TPSA) is 186 Å². The lowest BCUT2D eigenvalue weighted by molar-refractivity contribution is -0.250. The molecule has 16 nitrogen and oxygen atoms in total. The van der Waals surface area contributed by atoms with Gasteiger partial charge in [-0.1, -0.05) is 17.3 Å². The minimum absolute atomic E-state index is 0.0939. The van der Waals surface area contributed by atoms with Crippen LogP contribution in [-0.2, 0) is 49.2 Å². The summed E-state index contributed by atoms with van der Waals surface area (Å²) < 4.78 is 52.9. The maximum absolute atomic E-state index is 12.1. The van der Waals surface area contributed by atoms with E-state index in [9.17, 15) is 9.59 Å². The van der Waals surface area contributed by atoms with Gasteiger partial charge in [0, 0.05) is 12.5 Å². The Morgan fingerprint density at radius 3 is 2.33 bits per heavy atom. The number of fused-ring (bicyclic) bond motifs is 1. The number of rotatable bonds is 18. The number of benzene rings is 1. The number of methoxy groups -OCH3 is 1. The summed E-state index contributed by atoms with van der Waals surface area (Å²) >= 11 is 0. The second-order valence-corrected chi connectivity index (χ2v) is 10.8. The first-order valence-corrected chi connectivity index (χ1v) is 14.7. The average Bonchev–Trinajstić information content (AvgIpc) is 3.60. The second-order valence-electron chi connectivity index (χ2n) is 10.8. The molecule has 5 atom stereocenters. The lowest BCUT2D eigenvalue weighted by Gasteiger charge is -2.42. The smallest absolute Gasteiger partial charge is 0.404 e. The molecule has 2 aliphatic heterocycles. The van der Waals surface area contributed by atoms with Gasteiger partial charge in [-0.3, -0.25) is 4.79 Å². The number of carbonyl (C=O) groups is 2. The van der Waals surface area contributed by atoms with Gasteiger partial charge in [-0.25, -0.2) is 9.48 Å². The van der Waals surface area contributed by atoms with Gasteiger partial charge in [-0.05, 0) is 26.0 Å². The molecule has 45 heavy (non-hydrogen) atoms. The summed E-state index contributed by atoms with van der Waals surface area (Å²) in [4.78, 5) is 22.6. The standard InChI is InChI=1S/C29H43N5O11/c1-19(35)31-24-26-25(44-29(2,3)45-26)23(18-34-17-22(32-33-34)20-6-5-7-21(16-20)37-4)43-27(24)41-14-12-39-10-8-38-9-11-40-13-15-42-28(30)36/h5-7,16-17,23-27H,8-15,18H2,1-4H3,(H2,30,36)(H,31,35)/t23-,24-,25+,26-,27?/m1/s1. The molecule has 2 aliphatic rings. The summed E-state index contributed by atoms with van der Waals surface area (Å²) in [6, 6.07) is 6.94. The van der Waals surface area contributed by atoms with E-state index < -0.39 is 42.5 Å². The van der Waals surface area contributed by atoms with Crippen LogP contribution in [0.2, 0.25) is 0 Å². The third-order valence-electron chi connectivity index (χ3n) is 6.85. The number of aromatic nitrogens is 3. The van der Waals surface area contributed by atoms with Gasteiger partial charge < -0.3 is 53.7 Å². The van der Waals surface area contributed by atoms with Crippen molar-refractivity contribution in [3.05, 3.63) is 30.5 Å². The Hall–Kier alpha value is -3.38. The minimum atomic E-state index is -0.901. The van der Waals surface area contributed by atoms with Gasteiger partial charge in [-0.2, -0.15) is 0 Å². The molecule has 0 spiro atoms. The Balaban J connectivity index is 1.28.